The predicted molar refractivity (Wildman–Crippen MR) is 255 cm³/mol. The summed E-state index contributed by atoms with van der Waals surface area (Å²) in [7, 11) is -7.02. The van der Waals surface area contributed by atoms with E-state index in [1.807, 2.05) is 48.5 Å². The van der Waals surface area contributed by atoms with E-state index in [1.54, 1.807) is 71.3 Å². The lowest BCUT2D eigenvalue weighted by Gasteiger charge is -2.44. The lowest BCUT2D eigenvalue weighted by molar-refractivity contribution is 0.0645. The topological polar surface area (TPSA) is 169 Å². The average Bonchev–Trinajstić information content (AvgIpc) is 4.01. The van der Waals surface area contributed by atoms with E-state index in [0.29, 0.717) is 73.9 Å². The highest BCUT2D eigenvalue weighted by Gasteiger charge is 2.38. The fraction of sp³-hybridized carbons (Fsp3) is 0.565. The van der Waals surface area contributed by atoms with Gasteiger partial charge in [0.15, 0.2) is 0 Å². The Bertz CT molecular complexity index is 2140. The van der Waals surface area contributed by atoms with Crippen molar-refractivity contribution in [2.24, 2.45) is 0 Å². The second-order valence-corrected chi connectivity index (χ2v) is 24.8. The molecular weight excluding hydrogens is 893 g/mol. The molecule has 18 heteroatoms. The summed E-state index contributed by atoms with van der Waals surface area (Å²) >= 11 is 2.50. The Kier molecular flexibility index (Phi) is 15.7. The van der Waals surface area contributed by atoms with E-state index in [4.69, 9.17) is 0 Å². The van der Waals surface area contributed by atoms with Crippen LogP contribution in [0.15, 0.2) is 92.0 Å². The molecule has 0 radical (unpaired) electrons. The SMILES string of the molecule is CC(C)(O)c1ccc(N2CCN(S(=O)(=O)c3cccs3)C[C@@H]2CN2CCC[C@H](O)C2)cc1.CC(C)(O)c1ccc(N2CCN(S(=O)(=O)c3cccs3)C[C@@H]2CN2CCC[C@H](O)C2)cc1. The van der Waals surface area contributed by atoms with E-state index in [1.165, 1.54) is 22.7 Å². The summed E-state index contributed by atoms with van der Waals surface area (Å²) in [5, 5.41) is 44.4. The molecule has 64 heavy (non-hydrogen) atoms. The van der Waals surface area contributed by atoms with Crippen LogP contribution in [0.2, 0.25) is 0 Å². The van der Waals surface area contributed by atoms with Gasteiger partial charge in [0.05, 0.1) is 35.5 Å². The lowest BCUT2D eigenvalue weighted by atomic mass is 9.98. The molecule has 2 aromatic carbocycles. The van der Waals surface area contributed by atoms with Gasteiger partial charge in [-0.15, -0.1) is 22.7 Å². The van der Waals surface area contributed by atoms with Crippen LogP contribution in [-0.2, 0) is 31.2 Å². The van der Waals surface area contributed by atoms with Gasteiger partial charge in [0.25, 0.3) is 20.0 Å². The highest BCUT2D eigenvalue weighted by molar-refractivity contribution is 7.91. The number of anilines is 2. The maximum atomic E-state index is 13.2. The van der Waals surface area contributed by atoms with Gasteiger partial charge >= 0.3 is 0 Å². The zero-order valence-corrected chi connectivity index (χ0v) is 40.7. The van der Waals surface area contributed by atoms with Crippen molar-refractivity contribution in [3.8, 4) is 0 Å². The van der Waals surface area contributed by atoms with Gasteiger partial charge in [-0.2, -0.15) is 8.61 Å². The first-order valence-electron chi connectivity index (χ1n) is 22.4. The molecule has 352 valence electrons. The number of sulfonamides is 2. The summed E-state index contributed by atoms with van der Waals surface area (Å²) in [6.45, 7) is 14.4. The second kappa shape index (κ2) is 20.5. The van der Waals surface area contributed by atoms with Crippen molar-refractivity contribution < 1.29 is 37.3 Å². The minimum Gasteiger partial charge on any atom is -0.392 e. The minimum atomic E-state index is -3.51. The standard InChI is InChI=1S/2C23H33N3O4S2/c2*1-23(2,28)18-7-9-19(10-8-18)26-13-12-25(32(29,30)22-6-4-14-31-22)16-20(26)15-24-11-3-5-21(27)17-24/h2*4,6-10,14,20-21,27-28H,3,5,11-13,15-17H2,1-2H3/t2*20-,21-/m00/s1. The summed E-state index contributed by atoms with van der Waals surface area (Å²) in [6.07, 6.45) is 2.90. The van der Waals surface area contributed by atoms with Gasteiger partial charge in [-0.1, -0.05) is 36.4 Å². The number of aliphatic hydroxyl groups excluding tert-OH is 2. The first-order chi connectivity index (χ1) is 30.3. The molecule has 4 aromatic rings. The number of β-amino-alcohol motifs (C(OH)–C–C–N with tert-alkyl or cyclic N) is 2. The summed E-state index contributed by atoms with van der Waals surface area (Å²) in [5.74, 6) is 0. The quantitative estimate of drug-likeness (QED) is 0.156. The van der Waals surface area contributed by atoms with Crippen LogP contribution in [0, 0.1) is 0 Å². The van der Waals surface area contributed by atoms with Crippen molar-refractivity contribution in [2.45, 2.75) is 97.3 Å². The van der Waals surface area contributed by atoms with E-state index in [0.717, 1.165) is 61.3 Å². The van der Waals surface area contributed by atoms with Crippen LogP contribution in [0.4, 0.5) is 11.4 Å². The van der Waals surface area contributed by atoms with Crippen LogP contribution in [0.1, 0.15) is 64.5 Å². The molecule has 4 saturated heterocycles. The molecule has 0 spiro atoms. The Hall–Kier alpha value is -2.98. The summed E-state index contributed by atoms with van der Waals surface area (Å²) in [4.78, 5) is 9.04. The van der Waals surface area contributed by atoms with E-state index < -0.39 is 31.2 Å². The third-order valence-corrected chi connectivity index (χ3v) is 19.3. The van der Waals surface area contributed by atoms with E-state index in [2.05, 4.69) is 19.6 Å². The molecule has 0 unspecified atom stereocenters. The molecule has 6 heterocycles. The fourth-order valence-corrected chi connectivity index (χ4v) is 14.5. The molecule has 14 nitrogen and oxygen atoms in total. The van der Waals surface area contributed by atoms with Crippen molar-refractivity contribution in [3.05, 3.63) is 94.7 Å². The number of hydrogen-bond donors (Lipinski definition) is 4. The largest absolute Gasteiger partial charge is 0.392 e. The number of piperidine rings is 2. The Morgan fingerprint density at radius 1 is 0.547 bits per heavy atom. The van der Waals surface area contributed by atoms with Crippen LogP contribution in [0.3, 0.4) is 0 Å². The maximum Gasteiger partial charge on any atom is 0.252 e. The number of likely N-dealkylation sites (tertiary alicyclic amines) is 2. The van der Waals surface area contributed by atoms with Gasteiger partial charge in [0, 0.05) is 76.8 Å². The molecule has 0 bridgehead atoms. The van der Waals surface area contributed by atoms with Crippen LogP contribution >= 0.6 is 22.7 Å². The van der Waals surface area contributed by atoms with Crippen molar-refractivity contribution in [1.82, 2.24) is 18.4 Å². The van der Waals surface area contributed by atoms with Gasteiger partial charge in [0.1, 0.15) is 8.42 Å². The first kappa shape index (κ1) is 48.9. The Labute approximate surface area is 388 Å². The smallest absolute Gasteiger partial charge is 0.252 e. The lowest BCUT2D eigenvalue weighted by Crippen LogP contribution is -2.59. The molecule has 4 N–H and O–H groups in total. The number of hydrogen-bond acceptors (Lipinski definition) is 14. The molecule has 2 aromatic heterocycles. The number of thiophene rings is 2. The Morgan fingerprint density at radius 2 is 0.922 bits per heavy atom. The molecule has 8 rings (SSSR count). The van der Waals surface area contributed by atoms with Crippen LogP contribution in [-0.4, -0.2) is 159 Å². The number of piperazine rings is 2. The van der Waals surface area contributed by atoms with Gasteiger partial charge in [-0.3, -0.25) is 9.80 Å². The van der Waals surface area contributed by atoms with E-state index in [-0.39, 0.29) is 24.3 Å². The molecule has 4 fully saturated rings. The predicted octanol–water partition coefficient (Wildman–Crippen LogP) is 4.62. The van der Waals surface area contributed by atoms with Crippen LogP contribution < -0.4 is 9.80 Å². The Morgan fingerprint density at radius 3 is 1.23 bits per heavy atom. The van der Waals surface area contributed by atoms with Crippen molar-refractivity contribution in [2.75, 3.05) is 88.3 Å². The van der Waals surface area contributed by atoms with Crippen molar-refractivity contribution in [1.29, 1.82) is 0 Å². The molecule has 0 amide bonds. The fourth-order valence-electron chi connectivity index (χ4n) is 9.27. The molecular formula is C46H66N6O8S4. The molecule has 0 saturated carbocycles. The number of benzene rings is 2. The maximum absolute atomic E-state index is 13.2. The second-order valence-electron chi connectivity index (χ2n) is 18.6. The van der Waals surface area contributed by atoms with Crippen molar-refractivity contribution >= 4 is 54.1 Å². The van der Waals surface area contributed by atoms with E-state index >= 15 is 0 Å². The van der Waals surface area contributed by atoms with Gasteiger partial charge in [0.2, 0.25) is 0 Å². The highest BCUT2D eigenvalue weighted by Crippen LogP contribution is 2.32. The monoisotopic (exact) mass is 958 g/mol. The molecule has 4 atom stereocenters. The van der Waals surface area contributed by atoms with Crippen molar-refractivity contribution in [3.63, 3.8) is 0 Å². The molecule has 4 aliphatic rings. The number of aliphatic hydroxyl groups is 4. The van der Waals surface area contributed by atoms with Gasteiger partial charge < -0.3 is 30.2 Å². The Balaban J connectivity index is 0.000000191. The zero-order valence-electron chi connectivity index (χ0n) is 37.4. The normalized spacial score (nSPS) is 24.1. The van der Waals surface area contributed by atoms with Crippen LogP contribution in [0.5, 0.6) is 0 Å². The number of nitrogens with zero attached hydrogens (tertiary/aromatic N) is 6. The van der Waals surface area contributed by atoms with Gasteiger partial charge in [-0.25, -0.2) is 16.8 Å². The summed E-state index contributed by atoms with van der Waals surface area (Å²) in [5.41, 5.74) is 1.92. The van der Waals surface area contributed by atoms with Gasteiger partial charge in [-0.05, 0) is 125 Å². The summed E-state index contributed by atoms with van der Waals surface area (Å²) in [6, 6.07) is 22.6. The molecule has 4 aliphatic heterocycles. The zero-order chi connectivity index (χ0) is 45.9. The molecule has 0 aliphatic carbocycles. The first-order valence-corrected chi connectivity index (χ1v) is 27.0. The van der Waals surface area contributed by atoms with E-state index in [9.17, 15) is 37.3 Å². The number of rotatable bonds is 12. The third-order valence-electron chi connectivity index (χ3n) is 12.8. The summed E-state index contributed by atoms with van der Waals surface area (Å²) < 4.78 is 56.7. The minimum absolute atomic E-state index is 0.0308. The van der Waals surface area contributed by atoms with Crippen LogP contribution in [0.25, 0.3) is 0 Å². The average molecular weight is 959 g/mol. The third kappa shape index (κ3) is 11.9. The highest BCUT2D eigenvalue weighted by atomic mass is 32.3.